The van der Waals surface area contributed by atoms with Crippen molar-refractivity contribution in [3.8, 4) is 22.3 Å². The lowest BCUT2D eigenvalue weighted by molar-refractivity contribution is 0.249. The number of unbranched alkanes of at least 4 members (excludes halogenated alkanes) is 2. The summed E-state index contributed by atoms with van der Waals surface area (Å²) in [6.45, 7) is 6.05. The van der Waals surface area contributed by atoms with Crippen LogP contribution in [0.5, 0.6) is 0 Å². The molecule has 36 heavy (non-hydrogen) atoms. The molecule has 1 N–H and O–H groups in total. The van der Waals surface area contributed by atoms with Crippen molar-refractivity contribution in [2.24, 2.45) is 11.8 Å². The lowest BCUT2D eigenvalue weighted by Gasteiger charge is -2.28. The largest absolute Gasteiger partial charge is 0.392 e. The molecule has 0 unspecified atom stereocenters. The molecule has 0 aliphatic heterocycles. The average molecular weight is 485 g/mol. The molecule has 0 bridgehead atoms. The molecule has 0 aromatic heterocycles. The third-order valence-electron chi connectivity index (χ3n) is 8.07. The zero-order valence-electron chi connectivity index (χ0n) is 21.8. The van der Waals surface area contributed by atoms with Crippen LogP contribution < -0.4 is 0 Å². The van der Waals surface area contributed by atoms with Gasteiger partial charge in [0.2, 0.25) is 0 Å². The number of halogens is 1. The fourth-order valence-corrected chi connectivity index (χ4v) is 5.63. The summed E-state index contributed by atoms with van der Waals surface area (Å²) in [6.07, 6.45) is 13.7. The molecule has 190 valence electrons. The maximum absolute atomic E-state index is 15.0. The Kier molecular flexibility index (Phi) is 9.53. The van der Waals surface area contributed by atoms with Crippen molar-refractivity contribution in [3.05, 3.63) is 90.3 Å². The van der Waals surface area contributed by atoms with Crippen LogP contribution in [0.1, 0.15) is 75.8 Å². The van der Waals surface area contributed by atoms with E-state index in [4.69, 9.17) is 0 Å². The van der Waals surface area contributed by atoms with Crippen LogP contribution in [0.3, 0.4) is 0 Å². The first kappa shape index (κ1) is 26.4. The number of benzene rings is 3. The van der Waals surface area contributed by atoms with E-state index in [-0.39, 0.29) is 12.4 Å². The molecule has 0 amide bonds. The van der Waals surface area contributed by atoms with E-state index in [2.05, 4.69) is 37.8 Å². The smallest absolute Gasteiger partial charge is 0.131 e. The fourth-order valence-electron chi connectivity index (χ4n) is 5.63. The van der Waals surface area contributed by atoms with Crippen molar-refractivity contribution in [3.63, 3.8) is 0 Å². The van der Waals surface area contributed by atoms with E-state index < -0.39 is 0 Å². The summed E-state index contributed by atoms with van der Waals surface area (Å²) < 4.78 is 15.0. The SMILES string of the molecule is C=C(CO)c1ccc(-c2ccc(-c3ccc(CCC4CCC(CCCCC)CC4)cc3)cc2F)cc1. The van der Waals surface area contributed by atoms with E-state index in [0.717, 1.165) is 40.5 Å². The molecule has 0 atom stereocenters. The number of aliphatic hydroxyl groups is 1. The predicted octanol–water partition coefficient (Wildman–Crippen LogP) is 9.48. The van der Waals surface area contributed by atoms with Crippen molar-refractivity contribution >= 4 is 5.57 Å². The Bertz CT molecular complexity index is 1100. The van der Waals surface area contributed by atoms with Gasteiger partial charge in [-0.05, 0) is 64.1 Å². The van der Waals surface area contributed by atoms with Crippen LogP contribution in [-0.2, 0) is 6.42 Å². The molecule has 1 aliphatic rings. The van der Waals surface area contributed by atoms with Gasteiger partial charge in [-0.25, -0.2) is 4.39 Å². The molecule has 1 fully saturated rings. The van der Waals surface area contributed by atoms with Crippen LogP contribution in [0.4, 0.5) is 4.39 Å². The summed E-state index contributed by atoms with van der Waals surface area (Å²) in [5.74, 6) is 1.63. The minimum Gasteiger partial charge on any atom is -0.392 e. The van der Waals surface area contributed by atoms with Crippen molar-refractivity contribution in [2.75, 3.05) is 6.61 Å². The van der Waals surface area contributed by atoms with E-state index in [1.807, 2.05) is 36.4 Å². The summed E-state index contributed by atoms with van der Waals surface area (Å²) in [7, 11) is 0. The molecule has 0 spiro atoms. The molecule has 0 heterocycles. The maximum atomic E-state index is 15.0. The Morgan fingerprint density at radius 3 is 2.03 bits per heavy atom. The predicted molar refractivity (Wildman–Crippen MR) is 151 cm³/mol. The summed E-state index contributed by atoms with van der Waals surface area (Å²) in [6, 6.07) is 21.7. The zero-order valence-corrected chi connectivity index (χ0v) is 21.8. The number of hydrogen-bond acceptors (Lipinski definition) is 1. The quantitative estimate of drug-likeness (QED) is 0.269. The second kappa shape index (κ2) is 13.0. The Morgan fingerprint density at radius 2 is 1.42 bits per heavy atom. The topological polar surface area (TPSA) is 20.2 Å². The normalized spacial score (nSPS) is 17.8. The Balaban J connectivity index is 1.31. The third-order valence-corrected chi connectivity index (χ3v) is 8.07. The Hall–Kier alpha value is -2.71. The standard InChI is InChI=1S/C34H41FO/c1-3-4-5-6-26-7-9-27(10-8-26)11-12-28-13-15-30(16-14-28)32-21-22-33(34(35)23-32)31-19-17-29(18-20-31)25(2)24-36/h13-23,26-27,36H,2-12,24H2,1H3. The van der Waals surface area contributed by atoms with Gasteiger partial charge in [-0.3, -0.25) is 0 Å². The zero-order chi connectivity index (χ0) is 25.3. The minimum absolute atomic E-state index is 0.0820. The number of aryl methyl sites for hydroxylation is 1. The monoisotopic (exact) mass is 484 g/mol. The van der Waals surface area contributed by atoms with E-state index >= 15 is 4.39 Å². The second-order valence-electron chi connectivity index (χ2n) is 10.7. The van der Waals surface area contributed by atoms with Crippen LogP contribution in [0.2, 0.25) is 0 Å². The highest BCUT2D eigenvalue weighted by Crippen LogP contribution is 2.35. The fraction of sp³-hybridized carbons (Fsp3) is 0.412. The van der Waals surface area contributed by atoms with Crippen LogP contribution >= 0.6 is 0 Å². The third kappa shape index (κ3) is 6.95. The lowest BCUT2D eigenvalue weighted by Crippen LogP contribution is -2.15. The lowest BCUT2D eigenvalue weighted by atomic mass is 9.78. The molecular weight excluding hydrogens is 443 g/mol. The molecule has 1 aliphatic carbocycles. The first-order valence-corrected chi connectivity index (χ1v) is 13.9. The van der Waals surface area contributed by atoms with E-state index in [9.17, 15) is 5.11 Å². The molecule has 0 radical (unpaired) electrons. The molecule has 3 aromatic carbocycles. The summed E-state index contributed by atoms with van der Waals surface area (Å²) in [4.78, 5) is 0. The van der Waals surface area contributed by atoms with Crippen molar-refractivity contribution in [1.29, 1.82) is 0 Å². The summed E-state index contributed by atoms with van der Waals surface area (Å²) >= 11 is 0. The van der Waals surface area contributed by atoms with Gasteiger partial charge >= 0.3 is 0 Å². The van der Waals surface area contributed by atoms with Gasteiger partial charge in [-0.2, -0.15) is 0 Å². The Morgan fingerprint density at radius 1 is 0.806 bits per heavy atom. The van der Waals surface area contributed by atoms with Crippen molar-refractivity contribution < 1.29 is 9.50 Å². The van der Waals surface area contributed by atoms with Gasteiger partial charge in [0.05, 0.1) is 6.61 Å². The van der Waals surface area contributed by atoms with Gasteiger partial charge in [0.1, 0.15) is 5.82 Å². The van der Waals surface area contributed by atoms with Gasteiger partial charge in [0.15, 0.2) is 0 Å². The van der Waals surface area contributed by atoms with Crippen molar-refractivity contribution in [2.45, 2.75) is 71.1 Å². The molecule has 1 saturated carbocycles. The Labute approximate surface area is 217 Å². The molecule has 1 nitrogen and oxygen atoms in total. The van der Waals surface area contributed by atoms with Crippen LogP contribution in [-0.4, -0.2) is 11.7 Å². The summed E-state index contributed by atoms with van der Waals surface area (Å²) in [5.41, 5.74) is 6.25. The molecule has 4 rings (SSSR count). The van der Waals surface area contributed by atoms with E-state index in [0.29, 0.717) is 11.1 Å². The number of rotatable bonds is 11. The molecule has 2 heteroatoms. The van der Waals surface area contributed by atoms with Crippen LogP contribution in [0.25, 0.3) is 27.8 Å². The van der Waals surface area contributed by atoms with E-state index in [1.165, 1.54) is 63.4 Å². The maximum Gasteiger partial charge on any atom is 0.131 e. The van der Waals surface area contributed by atoms with Gasteiger partial charge in [0.25, 0.3) is 0 Å². The van der Waals surface area contributed by atoms with Gasteiger partial charge in [-0.1, -0.05) is 126 Å². The van der Waals surface area contributed by atoms with Crippen LogP contribution in [0, 0.1) is 17.7 Å². The molecule has 3 aromatic rings. The highest BCUT2D eigenvalue weighted by molar-refractivity contribution is 5.73. The molecular formula is C34H41FO. The van der Waals surface area contributed by atoms with Gasteiger partial charge < -0.3 is 5.11 Å². The second-order valence-corrected chi connectivity index (χ2v) is 10.7. The minimum atomic E-state index is -0.226. The highest BCUT2D eigenvalue weighted by Gasteiger charge is 2.20. The van der Waals surface area contributed by atoms with Gasteiger partial charge in [-0.15, -0.1) is 0 Å². The van der Waals surface area contributed by atoms with Crippen molar-refractivity contribution in [1.82, 2.24) is 0 Å². The average Bonchev–Trinajstić information content (AvgIpc) is 2.92. The first-order valence-electron chi connectivity index (χ1n) is 13.9. The van der Waals surface area contributed by atoms with E-state index in [1.54, 1.807) is 6.07 Å². The number of aliphatic hydroxyl groups excluding tert-OH is 1. The highest BCUT2D eigenvalue weighted by atomic mass is 19.1. The first-order chi connectivity index (χ1) is 17.6. The molecule has 0 saturated heterocycles. The summed E-state index contributed by atoms with van der Waals surface area (Å²) in [5, 5.41) is 9.24. The van der Waals surface area contributed by atoms with Gasteiger partial charge in [0, 0.05) is 5.56 Å². The number of hydrogen-bond donors (Lipinski definition) is 1. The van der Waals surface area contributed by atoms with Crippen LogP contribution in [0.15, 0.2) is 73.3 Å².